The molecule has 0 aliphatic carbocycles. The molecule has 0 radical (unpaired) electrons. The number of hydrogen-bond acceptors (Lipinski definition) is 11. The third-order valence-corrected chi connectivity index (χ3v) is 6.76. The number of nitrogen functional groups attached to an aromatic ring is 1. The summed E-state index contributed by atoms with van der Waals surface area (Å²) in [5.74, 6) is -1.84. The molecule has 12 nitrogen and oxygen atoms in total. The average molecular weight is 453 g/mol. The maximum absolute atomic E-state index is 12.2. The van der Waals surface area contributed by atoms with Crippen LogP contribution < -0.4 is 5.73 Å². The normalized spacial score (nSPS) is 26.0. The number of ether oxygens (including phenoxy) is 1. The van der Waals surface area contributed by atoms with Crippen molar-refractivity contribution in [2.45, 2.75) is 45.1 Å². The van der Waals surface area contributed by atoms with Gasteiger partial charge in [-0.2, -0.15) is 8.42 Å². The van der Waals surface area contributed by atoms with Gasteiger partial charge in [-0.15, -0.1) is 0 Å². The predicted octanol–water partition coefficient (Wildman–Crippen LogP) is -0.630. The van der Waals surface area contributed by atoms with Gasteiger partial charge < -0.3 is 20.4 Å². The van der Waals surface area contributed by atoms with Gasteiger partial charge in [0.05, 0.1) is 12.7 Å². The molecule has 0 bridgehead atoms. The second kappa shape index (κ2) is 7.89. The fourth-order valence-corrected chi connectivity index (χ4v) is 5.14. The zero-order valence-electron chi connectivity index (χ0n) is 17.0. The number of anilines is 1. The fourth-order valence-electron chi connectivity index (χ4n) is 4.08. The molecule has 1 fully saturated rings. The number of carbonyl (C=O) groups excluding carboxylic acids is 2. The molecule has 2 aliphatic rings. The summed E-state index contributed by atoms with van der Waals surface area (Å²) < 4.78 is 37.0. The summed E-state index contributed by atoms with van der Waals surface area (Å²) in [7, 11) is -4.19. The molecule has 13 heteroatoms. The van der Waals surface area contributed by atoms with Gasteiger partial charge in [0.15, 0.2) is 22.8 Å². The summed E-state index contributed by atoms with van der Waals surface area (Å²) in [5.41, 5.74) is 6.75. The van der Waals surface area contributed by atoms with Crippen LogP contribution in [-0.4, -0.2) is 69.2 Å². The molecule has 168 valence electrons. The van der Waals surface area contributed by atoms with Gasteiger partial charge in [-0.3, -0.25) is 13.5 Å². The summed E-state index contributed by atoms with van der Waals surface area (Å²) in [6.07, 6.45) is -0.841. The maximum atomic E-state index is 12.2. The topological polar surface area (TPSA) is 177 Å². The van der Waals surface area contributed by atoms with Crippen LogP contribution in [0.5, 0.6) is 0 Å². The number of aliphatic hydroxyl groups excluding tert-OH is 1. The van der Waals surface area contributed by atoms with Crippen molar-refractivity contribution in [3.8, 4) is 0 Å². The van der Waals surface area contributed by atoms with E-state index in [1.54, 1.807) is 4.57 Å². The van der Waals surface area contributed by atoms with Crippen molar-refractivity contribution < 1.29 is 32.0 Å². The average Bonchev–Trinajstić information content (AvgIpc) is 3.29. The van der Waals surface area contributed by atoms with Crippen molar-refractivity contribution in [1.29, 1.82) is 0 Å². The Hall–Kier alpha value is -2.48. The smallest absolute Gasteiger partial charge is 0.274 e. The number of rotatable bonds is 8. The summed E-state index contributed by atoms with van der Waals surface area (Å²) in [4.78, 5) is 35.7. The molecular formula is C18H23N5O7S. The van der Waals surface area contributed by atoms with E-state index in [1.165, 1.54) is 20.2 Å². The second-order valence-electron chi connectivity index (χ2n) is 8.01. The summed E-state index contributed by atoms with van der Waals surface area (Å²) in [6, 6.07) is 0. The lowest BCUT2D eigenvalue weighted by Gasteiger charge is -2.17. The van der Waals surface area contributed by atoms with Crippen molar-refractivity contribution in [1.82, 2.24) is 19.5 Å². The third-order valence-electron chi connectivity index (χ3n) is 5.63. The Bertz CT molecular complexity index is 1150. The van der Waals surface area contributed by atoms with Crippen LogP contribution in [0, 0.1) is 11.8 Å². The highest BCUT2D eigenvalue weighted by Gasteiger charge is 2.50. The quantitative estimate of drug-likeness (QED) is 0.486. The van der Waals surface area contributed by atoms with Crippen molar-refractivity contribution in [3.63, 3.8) is 0 Å². The van der Waals surface area contributed by atoms with Crippen molar-refractivity contribution in [2.75, 3.05) is 18.1 Å². The number of imidazole rings is 1. The second-order valence-corrected chi connectivity index (χ2v) is 9.65. The molecule has 0 aromatic carbocycles. The van der Waals surface area contributed by atoms with Crippen molar-refractivity contribution in [2.24, 2.45) is 11.8 Å². The Morgan fingerprint density at radius 2 is 2.16 bits per heavy atom. The van der Waals surface area contributed by atoms with E-state index in [2.05, 4.69) is 15.0 Å². The summed E-state index contributed by atoms with van der Waals surface area (Å²) in [5, 5.41) is 10.6. The molecule has 2 aromatic heterocycles. The summed E-state index contributed by atoms with van der Waals surface area (Å²) >= 11 is 0. The lowest BCUT2D eigenvalue weighted by Crippen LogP contribution is -2.33. The molecule has 1 saturated heterocycles. The number of ketones is 2. The Labute approximate surface area is 177 Å². The van der Waals surface area contributed by atoms with Gasteiger partial charge in [0.1, 0.15) is 36.0 Å². The fraction of sp³-hybridized carbons (Fsp3) is 0.611. The van der Waals surface area contributed by atoms with Gasteiger partial charge in [0, 0.05) is 24.7 Å². The first-order chi connectivity index (χ1) is 14.6. The van der Waals surface area contributed by atoms with E-state index < -0.39 is 52.6 Å². The lowest BCUT2D eigenvalue weighted by atomic mass is 9.99. The van der Waals surface area contributed by atoms with E-state index in [9.17, 15) is 23.1 Å². The minimum absolute atomic E-state index is 0.0303. The van der Waals surface area contributed by atoms with Crippen molar-refractivity contribution >= 4 is 38.7 Å². The number of hydrogen-bond donors (Lipinski definition) is 2. The highest BCUT2D eigenvalue weighted by atomic mass is 32.2. The van der Waals surface area contributed by atoms with Crippen LogP contribution in [0.25, 0.3) is 11.2 Å². The number of aromatic nitrogens is 4. The molecule has 1 unspecified atom stereocenters. The molecule has 0 saturated carbocycles. The SMILES string of the molecule is CC(=O)C[C@@H](C)C(=O)CS(=O)(=O)OC[C@@H]1O[C@H]2C(Cc3nc4c(N)ncnc4n32)[C@@H]1O. The van der Waals surface area contributed by atoms with Crippen LogP contribution in [0.2, 0.25) is 0 Å². The van der Waals surface area contributed by atoms with E-state index in [0.717, 1.165) is 0 Å². The van der Waals surface area contributed by atoms with Crippen LogP contribution in [0.3, 0.4) is 0 Å². The number of nitrogens with two attached hydrogens (primary N) is 1. The predicted molar refractivity (Wildman–Crippen MR) is 106 cm³/mol. The number of Topliss-reactive ketones (excluding diaryl/α,β-unsaturated/α-hetero) is 2. The molecule has 0 amide bonds. The van der Waals surface area contributed by atoms with Gasteiger partial charge in [0.25, 0.3) is 10.1 Å². The van der Waals surface area contributed by atoms with Crippen molar-refractivity contribution in [3.05, 3.63) is 12.2 Å². The van der Waals surface area contributed by atoms with E-state index >= 15 is 0 Å². The zero-order valence-corrected chi connectivity index (χ0v) is 17.8. The molecular weight excluding hydrogens is 430 g/mol. The molecule has 4 rings (SSSR count). The Kier molecular flexibility index (Phi) is 5.54. The monoisotopic (exact) mass is 453 g/mol. The third kappa shape index (κ3) is 4.05. The lowest BCUT2D eigenvalue weighted by molar-refractivity contribution is -0.125. The molecule has 5 atom stereocenters. The molecule has 0 spiro atoms. The molecule has 4 heterocycles. The maximum Gasteiger partial charge on any atom is 0.274 e. The van der Waals surface area contributed by atoms with Crippen LogP contribution in [0.15, 0.2) is 6.33 Å². The number of fused-ring (bicyclic) bond motifs is 5. The summed E-state index contributed by atoms with van der Waals surface area (Å²) in [6.45, 7) is 2.39. The van der Waals surface area contributed by atoms with Crippen LogP contribution >= 0.6 is 0 Å². The van der Waals surface area contributed by atoms with Gasteiger partial charge in [0.2, 0.25) is 0 Å². The Morgan fingerprint density at radius 3 is 2.87 bits per heavy atom. The minimum Gasteiger partial charge on any atom is -0.390 e. The van der Waals surface area contributed by atoms with Crippen LogP contribution in [0.1, 0.15) is 32.3 Å². The Morgan fingerprint density at radius 1 is 1.42 bits per heavy atom. The standard InChI is InChI=1S/C18H23N5O7S/c1-8(3-9(2)24)11(25)6-31(27,28)29-5-12-15(26)10-4-13-22-14-16(19)20-7-21-17(14)23(13)18(10)30-12/h7-8,10,12,15,18,26H,3-6H2,1-2H3,(H2,19,20,21)/t8-,10?,12+,15+,18+/m1/s1. The molecule has 2 aromatic rings. The first-order valence-electron chi connectivity index (χ1n) is 9.77. The zero-order chi connectivity index (χ0) is 22.5. The first kappa shape index (κ1) is 21.7. The Balaban J connectivity index is 1.42. The van der Waals surface area contributed by atoms with E-state index in [1.807, 2.05) is 0 Å². The van der Waals surface area contributed by atoms with E-state index in [-0.39, 0.29) is 23.9 Å². The van der Waals surface area contributed by atoms with Gasteiger partial charge in [-0.25, -0.2) is 15.0 Å². The number of carbonyl (C=O) groups is 2. The number of nitrogens with zero attached hydrogens (tertiary/aromatic N) is 4. The minimum atomic E-state index is -4.19. The van der Waals surface area contributed by atoms with Gasteiger partial charge in [-0.05, 0) is 6.92 Å². The van der Waals surface area contributed by atoms with E-state index in [0.29, 0.717) is 23.4 Å². The van der Waals surface area contributed by atoms with Gasteiger partial charge >= 0.3 is 0 Å². The molecule has 31 heavy (non-hydrogen) atoms. The highest BCUT2D eigenvalue weighted by molar-refractivity contribution is 7.87. The largest absolute Gasteiger partial charge is 0.390 e. The van der Waals surface area contributed by atoms with Gasteiger partial charge in [-0.1, -0.05) is 6.92 Å². The van der Waals surface area contributed by atoms with Crippen LogP contribution in [0.4, 0.5) is 5.82 Å². The molecule has 2 aliphatic heterocycles. The van der Waals surface area contributed by atoms with E-state index in [4.69, 9.17) is 14.7 Å². The van der Waals surface area contributed by atoms with Crippen LogP contribution in [-0.2, 0) is 35.0 Å². The first-order valence-corrected chi connectivity index (χ1v) is 11.3. The molecule has 3 N–H and O–H groups in total. The number of aliphatic hydroxyl groups is 1. The highest BCUT2D eigenvalue weighted by Crippen LogP contribution is 2.44.